The zero-order chi connectivity index (χ0) is 47.4. The first-order chi connectivity index (χ1) is 32.9. The maximum Gasteiger partial charge on any atom is 0.229 e. The van der Waals surface area contributed by atoms with Gasteiger partial charge < -0.3 is 64.7 Å². The molecule has 6 aromatic rings. The lowest BCUT2D eigenvalue weighted by Crippen LogP contribution is -2.32. The van der Waals surface area contributed by atoms with Crippen molar-refractivity contribution >= 4 is 45.3 Å². The third-order valence-electron chi connectivity index (χ3n) is 13.8. The number of nitrogens with zero attached hydrogens (tertiary/aromatic N) is 18. The van der Waals surface area contributed by atoms with E-state index in [-0.39, 0.29) is 11.6 Å². The highest BCUT2D eigenvalue weighted by Crippen LogP contribution is 2.42. The first-order valence-corrected chi connectivity index (χ1v) is 23.5. The van der Waals surface area contributed by atoms with Crippen LogP contribution in [0.25, 0.3) is 22.2 Å². The third kappa shape index (κ3) is 8.56. The second-order valence-electron chi connectivity index (χ2n) is 18.5. The number of benzene rings is 1. The van der Waals surface area contributed by atoms with Crippen LogP contribution in [0.4, 0.5) is 23.1 Å². The lowest BCUT2D eigenvalue weighted by atomic mass is 10.1. The summed E-state index contributed by atoms with van der Waals surface area (Å²) in [6.45, 7) is 9.24. The maximum atomic E-state index is 11.3. The number of fused-ring (bicyclic) bond motifs is 2. The number of tetrazole rings is 2. The van der Waals surface area contributed by atoms with Gasteiger partial charge in [-0.25, -0.2) is 9.97 Å². The minimum Gasteiger partial charge on any atom is -0.387 e. The van der Waals surface area contributed by atoms with Crippen LogP contribution in [0.2, 0.25) is 0 Å². The molecule has 4 aliphatic rings. The SMILES string of the molecule is CCn1nnc([C@H]2OC(n3cnc4c(NCCCCNc5cc(N6CC[C@@H](N(C)C)C6)cc6c5ncn6[C@@H]5O[C@H](c6nnn(CC)n6)[C@@H](O)[C@H]5O)nc(N5CC[C@@H](N(C)C)C5)nc43)[C@H](O)[C@@H]2O)n1. The Morgan fingerprint density at radius 1 is 0.676 bits per heavy atom. The number of nitrogens with one attached hydrogen (secondary N) is 2. The van der Waals surface area contributed by atoms with Crippen LogP contribution < -0.4 is 20.4 Å². The third-order valence-corrected chi connectivity index (χ3v) is 13.8. The van der Waals surface area contributed by atoms with Crippen LogP contribution in [0.3, 0.4) is 0 Å². The van der Waals surface area contributed by atoms with E-state index < -0.39 is 49.1 Å². The minimum atomic E-state index is -1.32. The Kier molecular flexibility index (Phi) is 12.8. The van der Waals surface area contributed by atoms with E-state index in [0.717, 1.165) is 68.8 Å². The van der Waals surface area contributed by atoms with Gasteiger partial charge in [-0.3, -0.25) is 4.57 Å². The fourth-order valence-corrected chi connectivity index (χ4v) is 9.63. The van der Waals surface area contributed by atoms with Gasteiger partial charge in [-0.2, -0.15) is 19.6 Å². The van der Waals surface area contributed by atoms with Crippen LogP contribution in [0.1, 0.15) is 75.8 Å². The van der Waals surface area contributed by atoms with E-state index in [0.29, 0.717) is 66.7 Å². The fourth-order valence-electron chi connectivity index (χ4n) is 9.63. The van der Waals surface area contributed by atoms with E-state index in [1.165, 1.54) is 9.59 Å². The molecule has 6 N–H and O–H groups in total. The van der Waals surface area contributed by atoms with Crippen LogP contribution in [-0.4, -0.2) is 204 Å². The average Bonchev–Trinajstić information content (AvgIpc) is 4.19. The number of hydrogen-bond donors (Lipinski definition) is 6. The van der Waals surface area contributed by atoms with Crippen LogP contribution in [0.15, 0.2) is 24.8 Å². The Hall–Kier alpha value is -5.74. The minimum absolute atomic E-state index is 0.182. The number of hydrogen-bond acceptors (Lipinski definition) is 22. The summed E-state index contributed by atoms with van der Waals surface area (Å²) in [5.41, 5.74) is 4.28. The predicted octanol–water partition coefficient (Wildman–Crippen LogP) is -0.243. The molecule has 10 rings (SSSR count). The molecule has 0 spiro atoms. The second kappa shape index (κ2) is 19.0. The number of aromatic nitrogens is 14. The van der Waals surface area contributed by atoms with Gasteiger partial charge in [0.1, 0.15) is 29.9 Å². The average molecular weight is 943 g/mol. The smallest absolute Gasteiger partial charge is 0.229 e. The van der Waals surface area contributed by atoms with Crippen molar-refractivity contribution in [3.05, 3.63) is 36.4 Å². The van der Waals surface area contributed by atoms with Crippen LogP contribution >= 0.6 is 0 Å². The van der Waals surface area contributed by atoms with Crippen molar-refractivity contribution in [3.63, 3.8) is 0 Å². The summed E-state index contributed by atoms with van der Waals surface area (Å²) >= 11 is 0. The van der Waals surface area contributed by atoms with Crippen molar-refractivity contribution in [1.29, 1.82) is 0 Å². The van der Waals surface area contributed by atoms with E-state index in [9.17, 15) is 20.4 Å². The van der Waals surface area contributed by atoms with E-state index in [1.54, 1.807) is 21.8 Å². The zero-order valence-electron chi connectivity index (χ0n) is 39.2. The van der Waals surface area contributed by atoms with Crippen molar-refractivity contribution in [2.75, 3.05) is 87.9 Å². The molecule has 68 heavy (non-hydrogen) atoms. The topological polar surface area (TPSA) is 285 Å². The molecule has 9 heterocycles. The quantitative estimate of drug-likeness (QED) is 0.0644. The number of imidazole rings is 2. The van der Waals surface area contributed by atoms with Crippen molar-refractivity contribution in [1.82, 2.24) is 79.3 Å². The molecule has 5 aromatic heterocycles. The highest BCUT2D eigenvalue weighted by atomic mass is 16.6. The van der Waals surface area contributed by atoms with Gasteiger partial charge in [0.2, 0.25) is 17.6 Å². The molecule has 0 aliphatic carbocycles. The molecule has 0 amide bonds. The van der Waals surface area contributed by atoms with Gasteiger partial charge in [0, 0.05) is 57.0 Å². The van der Waals surface area contributed by atoms with Crippen LogP contribution in [0, 0.1) is 0 Å². The zero-order valence-corrected chi connectivity index (χ0v) is 39.2. The molecule has 26 heteroatoms. The predicted molar refractivity (Wildman–Crippen MR) is 247 cm³/mol. The number of ether oxygens (including phenoxy) is 2. The second-order valence-corrected chi connectivity index (χ2v) is 18.5. The number of unbranched alkanes of at least 4 members (excludes halogenated alkanes) is 1. The molecule has 4 fully saturated rings. The molecule has 10 atom stereocenters. The number of likely N-dealkylation sites (N-methyl/N-ethyl adjacent to an activating group) is 2. The molecule has 366 valence electrons. The van der Waals surface area contributed by atoms with Gasteiger partial charge in [0.25, 0.3) is 0 Å². The standard InChI is InChI=1S/C42H62N20O6/c1-7-61-51-37(49-53-61)34-30(63)32(65)40(67-34)59-21-45-28-26(17-25(18-27(28)59)57-15-11-23(19-57)55(3)4)43-13-9-10-14-44-36-29-39(48-42(47-36)58-16-12-24(20-58)56(5)6)60(22-46-29)41-33(66)31(64)35(68-41)38-50-54-62(8-2)52-38/h17-18,21-24,30-35,40-41,43,63-66H,7-16,19-20H2,1-6H3,(H,44,47,48)/t23-,24-,30+,31+,32-,33-,34+,35+,40-,41?/m1/s1. The molecular weight excluding hydrogens is 881 g/mol. The number of aryl methyl sites for hydroxylation is 2. The summed E-state index contributed by atoms with van der Waals surface area (Å²) in [5, 5.41) is 76.8. The van der Waals surface area contributed by atoms with Crippen molar-refractivity contribution < 1.29 is 29.9 Å². The molecule has 1 unspecified atom stereocenters. The first-order valence-electron chi connectivity index (χ1n) is 23.5. The molecule has 26 nitrogen and oxygen atoms in total. The molecule has 1 aromatic carbocycles. The van der Waals surface area contributed by atoms with Gasteiger partial charge in [-0.1, -0.05) is 0 Å². The Morgan fingerprint density at radius 3 is 1.82 bits per heavy atom. The molecule has 4 aliphatic heterocycles. The van der Waals surface area contributed by atoms with Gasteiger partial charge in [0.05, 0.1) is 36.9 Å². The highest BCUT2D eigenvalue weighted by molar-refractivity contribution is 5.92. The lowest BCUT2D eigenvalue weighted by Gasteiger charge is -2.23. The van der Waals surface area contributed by atoms with Crippen molar-refractivity contribution in [2.24, 2.45) is 0 Å². The van der Waals surface area contributed by atoms with Gasteiger partial charge >= 0.3 is 0 Å². The Morgan fingerprint density at radius 2 is 1.24 bits per heavy atom. The Labute approximate surface area is 391 Å². The van der Waals surface area contributed by atoms with Crippen LogP contribution in [-0.2, 0) is 22.6 Å². The summed E-state index contributed by atoms with van der Waals surface area (Å²) in [4.78, 5) is 31.3. The maximum absolute atomic E-state index is 11.3. The Bertz CT molecular complexity index is 2510. The van der Waals surface area contributed by atoms with E-state index in [1.807, 2.05) is 13.8 Å². The van der Waals surface area contributed by atoms with Gasteiger partial charge in [-0.05, 0) is 90.3 Å². The molecular formula is C42H62N20O6. The molecule has 0 radical (unpaired) electrons. The largest absolute Gasteiger partial charge is 0.387 e. The highest BCUT2D eigenvalue weighted by Gasteiger charge is 2.48. The van der Waals surface area contributed by atoms with Gasteiger partial charge in [0.15, 0.2) is 41.6 Å². The normalized spacial score (nSPS) is 27.6. The Balaban J connectivity index is 0.859. The van der Waals surface area contributed by atoms with Crippen molar-refractivity contribution in [3.8, 4) is 0 Å². The summed E-state index contributed by atoms with van der Waals surface area (Å²) in [7, 11) is 8.36. The van der Waals surface area contributed by atoms with E-state index >= 15 is 0 Å². The number of aliphatic hydroxyl groups is 4. The lowest BCUT2D eigenvalue weighted by molar-refractivity contribution is -0.0384. The van der Waals surface area contributed by atoms with Crippen molar-refractivity contribution in [2.45, 2.75) is 114 Å². The summed E-state index contributed by atoms with van der Waals surface area (Å²) < 4.78 is 15.9. The van der Waals surface area contributed by atoms with Gasteiger partial charge in [-0.15, -0.1) is 20.4 Å². The molecule has 4 saturated heterocycles. The monoisotopic (exact) mass is 943 g/mol. The number of aliphatic hydroxyl groups excluding tert-OH is 4. The molecule has 0 saturated carbocycles. The fraction of sp³-hybridized carbons (Fsp3) is 0.667. The number of rotatable bonds is 17. The van der Waals surface area contributed by atoms with E-state index in [2.05, 4.69) is 101 Å². The first kappa shape index (κ1) is 46.0. The molecule has 0 bridgehead atoms. The number of anilines is 4. The summed E-state index contributed by atoms with van der Waals surface area (Å²) in [6.07, 6.45) is -2.35. The summed E-state index contributed by atoms with van der Waals surface area (Å²) in [5.74, 6) is 1.48. The van der Waals surface area contributed by atoms with E-state index in [4.69, 9.17) is 29.4 Å². The van der Waals surface area contributed by atoms with Crippen LogP contribution in [0.5, 0.6) is 0 Å². The summed E-state index contributed by atoms with van der Waals surface area (Å²) in [6, 6.07) is 4.96.